The summed E-state index contributed by atoms with van der Waals surface area (Å²) >= 11 is 0. The molecule has 1 heterocycles. The van der Waals surface area contributed by atoms with Crippen LogP contribution in [0, 0.1) is 18.3 Å². The Morgan fingerprint density at radius 1 is 1.64 bits per heavy atom. The first-order valence-corrected chi connectivity index (χ1v) is 4.13. The molecule has 1 N–H and O–H groups in total. The van der Waals surface area contributed by atoms with Gasteiger partial charge in [0.05, 0.1) is 0 Å². The van der Waals surface area contributed by atoms with Crippen molar-refractivity contribution in [3.8, 4) is 12.3 Å². The molecule has 1 unspecified atom stereocenters. The van der Waals surface area contributed by atoms with Crippen molar-refractivity contribution in [1.82, 2.24) is 4.90 Å². The summed E-state index contributed by atoms with van der Waals surface area (Å²) in [6.45, 7) is 3.45. The topological polar surface area (TPSA) is 23.5 Å². The second-order valence-electron chi connectivity index (χ2n) is 3.09. The monoisotopic (exact) mass is 153 g/mol. The Hall–Kier alpha value is -0.520. The molecule has 1 rings (SSSR count). The Balaban J connectivity index is 2.15. The van der Waals surface area contributed by atoms with Crippen LogP contribution in [0.15, 0.2) is 0 Å². The smallest absolute Gasteiger partial charge is 0.0471 e. The molecule has 0 aromatic rings. The van der Waals surface area contributed by atoms with Crippen molar-refractivity contribution >= 4 is 0 Å². The number of terminal acetylenes is 1. The summed E-state index contributed by atoms with van der Waals surface area (Å²) in [5.74, 6) is 3.12. The number of likely N-dealkylation sites (tertiary alicyclic amines) is 1. The van der Waals surface area contributed by atoms with E-state index >= 15 is 0 Å². The molecule has 1 aliphatic rings. The fraction of sp³-hybridized carbons (Fsp3) is 0.778. The van der Waals surface area contributed by atoms with Gasteiger partial charge in [0, 0.05) is 26.1 Å². The fourth-order valence-corrected chi connectivity index (χ4v) is 1.49. The van der Waals surface area contributed by atoms with E-state index in [0.717, 1.165) is 32.5 Å². The maximum absolute atomic E-state index is 8.84. The van der Waals surface area contributed by atoms with Gasteiger partial charge in [-0.3, -0.25) is 0 Å². The van der Waals surface area contributed by atoms with Gasteiger partial charge in [-0.05, 0) is 18.9 Å². The number of aliphatic hydroxyl groups is 1. The van der Waals surface area contributed by atoms with Crippen LogP contribution in [0.5, 0.6) is 0 Å². The Labute approximate surface area is 68.2 Å². The predicted octanol–water partition coefficient (Wildman–Crippen LogP) is 0.324. The predicted molar refractivity (Wildman–Crippen MR) is 45.1 cm³/mol. The van der Waals surface area contributed by atoms with Crippen LogP contribution in [-0.2, 0) is 0 Å². The molecule has 11 heavy (non-hydrogen) atoms. The second kappa shape index (κ2) is 4.38. The molecular formula is C9H15NO. The third-order valence-corrected chi connectivity index (χ3v) is 2.20. The fourth-order valence-electron chi connectivity index (χ4n) is 1.49. The van der Waals surface area contributed by atoms with Crippen LogP contribution >= 0.6 is 0 Å². The molecule has 0 aromatic heterocycles. The van der Waals surface area contributed by atoms with E-state index in [2.05, 4.69) is 10.8 Å². The average Bonchev–Trinajstić information content (AvgIpc) is 2.48. The van der Waals surface area contributed by atoms with E-state index in [4.69, 9.17) is 11.5 Å². The van der Waals surface area contributed by atoms with Crippen molar-refractivity contribution in [3.05, 3.63) is 0 Å². The van der Waals surface area contributed by atoms with Crippen LogP contribution in [0.2, 0.25) is 0 Å². The van der Waals surface area contributed by atoms with E-state index in [9.17, 15) is 0 Å². The van der Waals surface area contributed by atoms with Crippen molar-refractivity contribution < 1.29 is 5.11 Å². The average molecular weight is 153 g/mol. The lowest BCUT2D eigenvalue weighted by Crippen LogP contribution is -2.22. The maximum Gasteiger partial charge on any atom is 0.0471 e. The molecule has 1 aliphatic heterocycles. The molecule has 62 valence electrons. The lowest BCUT2D eigenvalue weighted by molar-refractivity contribution is 0.222. The molecule has 0 bridgehead atoms. The van der Waals surface area contributed by atoms with Crippen molar-refractivity contribution in [2.75, 3.05) is 26.2 Å². The molecule has 1 fully saturated rings. The number of aliphatic hydroxyl groups excluding tert-OH is 1. The van der Waals surface area contributed by atoms with E-state index in [0.29, 0.717) is 12.5 Å². The van der Waals surface area contributed by atoms with Gasteiger partial charge in [-0.15, -0.1) is 12.3 Å². The van der Waals surface area contributed by atoms with Crippen LogP contribution in [0.4, 0.5) is 0 Å². The second-order valence-corrected chi connectivity index (χ2v) is 3.09. The van der Waals surface area contributed by atoms with Crippen LogP contribution in [-0.4, -0.2) is 36.2 Å². The Morgan fingerprint density at radius 3 is 3.00 bits per heavy atom. The minimum absolute atomic E-state index is 0.326. The molecule has 0 aromatic carbocycles. The molecule has 1 saturated heterocycles. The largest absolute Gasteiger partial charge is 0.396 e. The highest BCUT2D eigenvalue weighted by Crippen LogP contribution is 2.14. The summed E-state index contributed by atoms with van der Waals surface area (Å²) in [5.41, 5.74) is 0. The third kappa shape index (κ3) is 2.53. The van der Waals surface area contributed by atoms with E-state index in [1.807, 2.05) is 0 Å². The Bertz CT molecular complexity index is 150. The molecule has 1 atom stereocenters. The summed E-state index contributed by atoms with van der Waals surface area (Å²) in [6, 6.07) is 0. The van der Waals surface area contributed by atoms with Crippen molar-refractivity contribution in [3.63, 3.8) is 0 Å². The lowest BCUT2D eigenvalue weighted by Gasteiger charge is -2.12. The Kier molecular flexibility index (Phi) is 3.41. The summed E-state index contributed by atoms with van der Waals surface area (Å²) < 4.78 is 0. The summed E-state index contributed by atoms with van der Waals surface area (Å²) in [6.07, 6.45) is 7.11. The van der Waals surface area contributed by atoms with Crippen LogP contribution in [0.25, 0.3) is 0 Å². The molecule has 0 saturated carbocycles. The van der Waals surface area contributed by atoms with Gasteiger partial charge >= 0.3 is 0 Å². The van der Waals surface area contributed by atoms with Gasteiger partial charge in [0.2, 0.25) is 0 Å². The highest BCUT2D eigenvalue weighted by atomic mass is 16.3. The zero-order valence-electron chi connectivity index (χ0n) is 6.79. The molecule has 0 radical (unpaired) electrons. The molecule has 2 heteroatoms. The summed E-state index contributed by atoms with van der Waals surface area (Å²) in [7, 11) is 0. The van der Waals surface area contributed by atoms with Crippen LogP contribution < -0.4 is 0 Å². The summed E-state index contributed by atoms with van der Waals surface area (Å²) in [5, 5.41) is 8.84. The standard InChI is InChI=1S/C9H15NO/c1-2-3-5-10-6-4-9(7-10)8-11/h1,9,11H,3-8H2. The molecular weight excluding hydrogens is 138 g/mol. The van der Waals surface area contributed by atoms with Gasteiger partial charge in [-0.25, -0.2) is 0 Å². The molecule has 0 aliphatic carbocycles. The normalized spacial score (nSPS) is 25.3. The van der Waals surface area contributed by atoms with Crippen LogP contribution in [0.1, 0.15) is 12.8 Å². The first kappa shape index (κ1) is 8.58. The van der Waals surface area contributed by atoms with Gasteiger partial charge in [0.15, 0.2) is 0 Å². The zero-order valence-corrected chi connectivity index (χ0v) is 6.79. The zero-order chi connectivity index (χ0) is 8.10. The quantitative estimate of drug-likeness (QED) is 0.590. The highest BCUT2D eigenvalue weighted by Gasteiger charge is 2.20. The summed E-state index contributed by atoms with van der Waals surface area (Å²) in [4.78, 5) is 2.32. The molecule has 2 nitrogen and oxygen atoms in total. The van der Waals surface area contributed by atoms with E-state index in [-0.39, 0.29) is 0 Å². The van der Waals surface area contributed by atoms with E-state index < -0.39 is 0 Å². The van der Waals surface area contributed by atoms with Gasteiger partial charge in [-0.2, -0.15) is 0 Å². The minimum Gasteiger partial charge on any atom is -0.396 e. The van der Waals surface area contributed by atoms with Crippen molar-refractivity contribution in [2.45, 2.75) is 12.8 Å². The van der Waals surface area contributed by atoms with E-state index in [1.54, 1.807) is 0 Å². The van der Waals surface area contributed by atoms with Crippen molar-refractivity contribution in [2.24, 2.45) is 5.92 Å². The molecule has 0 spiro atoms. The molecule has 0 amide bonds. The minimum atomic E-state index is 0.326. The SMILES string of the molecule is C#CCCN1CCC(CO)C1. The Morgan fingerprint density at radius 2 is 2.45 bits per heavy atom. The van der Waals surface area contributed by atoms with Gasteiger partial charge in [0.1, 0.15) is 0 Å². The lowest BCUT2D eigenvalue weighted by atomic mass is 10.1. The third-order valence-electron chi connectivity index (χ3n) is 2.20. The van der Waals surface area contributed by atoms with Gasteiger partial charge in [0.25, 0.3) is 0 Å². The number of hydrogen-bond donors (Lipinski definition) is 1. The maximum atomic E-state index is 8.84. The highest BCUT2D eigenvalue weighted by molar-refractivity contribution is 4.86. The first-order valence-electron chi connectivity index (χ1n) is 4.13. The van der Waals surface area contributed by atoms with Gasteiger partial charge in [-0.1, -0.05) is 0 Å². The van der Waals surface area contributed by atoms with Crippen molar-refractivity contribution in [1.29, 1.82) is 0 Å². The number of rotatable bonds is 3. The van der Waals surface area contributed by atoms with Crippen LogP contribution in [0.3, 0.4) is 0 Å². The van der Waals surface area contributed by atoms with E-state index in [1.165, 1.54) is 0 Å². The van der Waals surface area contributed by atoms with Gasteiger partial charge < -0.3 is 10.0 Å². The number of nitrogens with zero attached hydrogens (tertiary/aromatic N) is 1. The number of hydrogen-bond acceptors (Lipinski definition) is 2. The first-order chi connectivity index (χ1) is 5.36.